The van der Waals surface area contributed by atoms with Crippen LogP contribution in [0.3, 0.4) is 0 Å². The fraction of sp³-hybridized carbons (Fsp3) is 0.815. The number of hydrogen-bond acceptors (Lipinski definition) is 4. The second-order valence-electron chi connectivity index (χ2n) is 11.9. The summed E-state index contributed by atoms with van der Waals surface area (Å²) in [6.45, 7) is 10.2. The molecule has 1 spiro atoms. The highest BCUT2D eigenvalue weighted by molar-refractivity contribution is 9.10. The molecule has 2 atom stereocenters. The van der Waals surface area contributed by atoms with Gasteiger partial charge >= 0.3 is 0 Å². The van der Waals surface area contributed by atoms with E-state index in [0.29, 0.717) is 25.4 Å². The first-order valence-electron chi connectivity index (χ1n) is 13.8. The number of Topliss-reactive ketones (excluding diaryl/α,β-unsaturated/α-hetero) is 1. The Bertz CT molecular complexity index is 845. The molecule has 2 fully saturated rings. The number of carbonyl (C=O) groups is 2. The number of rotatable bonds is 15. The minimum atomic E-state index is -1.15. The van der Waals surface area contributed by atoms with Crippen LogP contribution in [0.2, 0.25) is 25.7 Å². The summed E-state index contributed by atoms with van der Waals surface area (Å²) in [6, 6.07) is 0.979. The number of unbranched alkanes of at least 4 members (excludes halogenated alkanes) is 2. The Morgan fingerprint density at radius 3 is 2.66 bits per heavy atom. The first-order chi connectivity index (χ1) is 16.6. The highest BCUT2D eigenvalue weighted by Crippen LogP contribution is 2.61. The summed E-state index contributed by atoms with van der Waals surface area (Å²) in [4.78, 5) is 29.7. The SMILES string of the molecule is CCC(=O)CCCCC[C@H](NC(=O)[C@H]1CC12CCCCC2)c1ncc(Br)n1COCC[Si](C)(C)C. The van der Waals surface area contributed by atoms with E-state index in [1.807, 2.05) is 13.1 Å². The number of aromatic nitrogens is 2. The Morgan fingerprint density at radius 1 is 1.23 bits per heavy atom. The highest BCUT2D eigenvalue weighted by Gasteiger charge is 2.57. The van der Waals surface area contributed by atoms with E-state index in [1.54, 1.807) is 0 Å². The lowest BCUT2D eigenvalue weighted by Crippen LogP contribution is -2.33. The number of nitrogens with zero attached hydrogens (tertiary/aromatic N) is 2. The van der Waals surface area contributed by atoms with Crippen LogP contribution in [0.25, 0.3) is 0 Å². The number of nitrogens with one attached hydrogen (secondary N) is 1. The second kappa shape index (κ2) is 13.0. The summed E-state index contributed by atoms with van der Waals surface area (Å²) in [7, 11) is -1.15. The second-order valence-corrected chi connectivity index (χ2v) is 18.4. The van der Waals surface area contributed by atoms with Gasteiger partial charge in [0.1, 0.15) is 22.9 Å². The van der Waals surface area contributed by atoms with E-state index in [2.05, 4.69) is 45.5 Å². The van der Waals surface area contributed by atoms with Crippen molar-refractivity contribution in [2.45, 2.75) is 122 Å². The minimum Gasteiger partial charge on any atom is -0.361 e. The molecule has 3 rings (SSSR count). The molecule has 2 saturated carbocycles. The maximum absolute atomic E-state index is 13.3. The molecule has 1 heterocycles. The van der Waals surface area contributed by atoms with Crippen molar-refractivity contribution in [2.24, 2.45) is 11.3 Å². The van der Waals surface area contributed by atoms with Crippen LogP contribution in [0.5, 0.6) is 0 Å². The van der Waals surface area contributed by atoms with Gasteiger partial charge < -0.3 is 10.1 Å². The zero-order chi connectivity index (χ0) is 25.5. The monoisotopic (exact) mass is 567 g/mol. The molecule has 8 heteroatoms. The maximum Gasteiger partial charge on any atom is 0.224 e. The lowest BCUT2D eigenvalue weighted by atomic mass is 9.84. The summed E-state index contributed by atoms with van der Waals surface area (Å²) < 4.78 is 8.97. The van der Waals surface area contributed by atoms with Gasteiger partial charge in [-0.25, -0.2) is 4.98 Å². The van der Waals surface area contributed by atoms with Gasteiger partial charge in [0.25, 0.3) is 0 Å². The minimum absolute atomic E-state index is 0.141. The summed E-state index contributed by atoms with van der Waals surface area (Å²) in [5, 5.41) is 3.39. The van der Waals surface area contributed by atoms with E-state index < -0.39 is 8.07 Å². The van der Waals surface area contributed by atoms with Crippen molar-refractivity contribution >= 4 is 35.7 Å². The van der Waals surface area contributed by atoms with Crippen LogP contribution in [0.1, 0.15) is 95.8 Å². The first kappa shape index (κ1) is 28.6. The molecule has 6 nitrogen and oxygen atoms in total. The molecule has 1 amide bonds. The first-order valence-corrected chi connectivity index (χ1v) is 18.3. The third kappa shape index (κ3) is 8.53. The van der Waals surface area contributed by atoms with Gasteiger partial charge in [-0.1, -0.05) is 58.7 Å². The Kier molecular flexibility index (Phi) is 10.6. The highest BCUT2D eigenvalue weighted by atomic mass is 79.9. The van der Waals surface area contributed by atoms with Gasteiger partial charge in [-0.3, -0.25) is 14.2 Å². The molecule has 0 unspecified atom stereocenters. The van der Waals surface area contributed by atoms with Crippen molar-refractivity contribution in [1.29, 1.82) is 0 Å². The molecular weight excluding hydrogens is 522 g/mol. The van der Waals surface area contributed by atoms with E-state index >= 15 is 0 Å². The number of imidazole rings is 1. The summed E-state index contributed by atoms with van der Waals surface area (Å²) >= 11 is 3.64. The van der Waals surface area contributed by atoms with Crippen molar-refractivity contribution in [3.8, 4) is 0 Å². The zero-order valence-electron chi connectivity index (χ0n) is 22.3. The van der Waals surface area contributed by atoms with Crippen LogP contribution >= 0.6 is 15.9 Å². The van der Waals surface area contributed by atoms with E-state index in [-0.39, 0.29) is 23.3 Å². The molecule has 0 aliphatic heterocycles. The van der Waals surface area contributed by atoms with E-state index in [4.69, 9.17) is 9.72 Å². The van der Waals surface area contributed by atoms with E-state index in [1.165, 1.54) is 32.1 Å². The molecule has 0 aromatic carbocycles. The molecule has 1 N–H and O–H groups in total. The van der Waals surface area contributed by atoms with Gasteiger partial charge in [-0.15, -0.1) is 0 Å². The quantitative estimate of drug-likeness (QED) is 0.182. The fourth-order valence-electron chi connectivity index (χ4n) is 5.40. The smallest absolute Gasteiger partial charge is 0.224 e. The average Bonchev–Trinajstić information content (AvgIpc) is 3.38. The Labute approximate surface area is 221 Å². The normalized spacial score (nSPS) is 20.1. The number of carbonyl (C=O) groups excluding carboxylic acids is 2. The molecule has 0 bridgehead atoms. The molecule has 0 saturated heterocycles. The molecule has 1 aromatic rings. The maximum atomic E-state index is 13.3. The number of halogens is 1. The van der Waals surface area contributed by atoms with E-state index in [9.17, 15) is 9.59 Å². The van der Waals surface area contributed by atoms with Gasteiger partial charge in [0, 0.05) is 33.4 Å². The van der Waals surface area contributed by atoms with Crippen LogP contribution in [0.4, 0.5) is 0 Å². The third-order valence-corrected chi connectivity index (χ3v) is 10.2. The zero-order valence-corrected chi connectivity index (χ0v) is 24.9. The van der Waals surface area contributed by atoms with Crippen molar-refractivity contribution in [3.05, 3.63) is 16.6 Å². The van der Waals surface area contributed by atoms with Gasteiger partial charge in [-0.05, 0) is 59.5 Å². The van der Waals surface area contributed by atoms with Crippen molar-refractivity contribution in [3.63, 3.8) is 0 Å². The number of ketones is 1. The predicted molar refractivity (Wildman–Crippen MR) is 147 cm³/mol. The lowest BCUT2D eigenvalue weighted by Gasteiger charge is -2.24. The van der Waals surface area contributed by atoms with Gasteiger partial charge in [0.2, 0.25) is 5.91 Å². The van der Waals surface area contributed by atoms with Crippen molar-refractivity contribution in [1.82, 2.24) is 14.9 Å². The molecule has 2 aliphatic rings. The van der Waals surface area contributed by atoms with Gasteiger partial charge in [0.15, 0.2) is 0 Å². The lowest BCUT2D eigenvalue weighted by molar-refractivity contribution is -0.124. The number of amides is 1. The van der Waals surface area contributed by atoms with Crippen LogP contribution in [-0.2, 0) is 21.1 Å². The topological polar surface area (TPSA) is 73.2 Å². The Balaban J connectivity index is 1.63. The predicted octanol–water partition coefficient (Wildman–Crippen LogP) is 7.02. The summed E-state index contributed by atoms with van der Waals surface area (Å²) in [5.74, 6) is 1.55. The molecular formula is C27H46BrN3O3Si. The summed E-state index contributed by atoms with van der Waals surface area (Å²) in [5.41, 5.74) is 0.267. The van der Waals surface area contributed by atoms with Crippen molar-refractivity contribution < 1.29 is 14.3 Å². The van der Waals surface area contributed by atoms with Crippen LogP contribution in [0.15, 0.2) is 10.8 Å². The summed E-state index contributed by atoms with van der Waals surface area (Å²) in [6.07, 6.45) is 14.0. The third-order valence-electron chi connectivity index (χ3n) is 7.88. The number of ether oxygens (including phenoxy) is 1. The fourth-order valence-corrected chi connectivity index (χ4v) is 6.54. The van der Waals surface area contributed by atoms with Gasteiger partial charge in [-0.2, -0.15) is 0 Å². The molecule has 2 aliphatic carbocycles. The molecule has 0 radical (unpaired) electrons. The van der Waals surface area contributed by atoms with Crippen LogP contribution in [-0.4, -0.2) is 35.9 Å². The number of hydrogen-bond donors (Lipinski definition) is 1. The Morgan fingerprint density at radius 2 is 1.97 bits per heavy atom. The largest absolute Gasteiger partial charge is 0.361 e. The van der Waals surface area contributed by atoms with E-state index in [0.717, 1.165) is 55.2 Å². The average molecular weight is 569 g/mol. The van der Waals surface area contributed by atoms with Crippen LogP contribution in [0, 0.1) is 11.3 Å². The van der Waals surface area contributed by atoms with Crippen LogP contribution < -0.4 is 5.32 Å². The molecule has 1 aromatic heterocycles. The van der Waals surface area contributed by atoms with Gasteiger partial charge in [0.05, 0.1) is 12.2 Å². The standard InChI is InChI=1S/C27H46BrN3O3Si/c1-5-21(32)12-8-6-9-13-23(30-26(33)22-18-27(22)14-10-7-11-15-27)25-29-19-24(28)31(25)20-34-16-17-35(2,3)4/h19,22-23H,5-18,20H2,1-4H3,(H,30,33)/t22-,23+/m1/s1. The van der Waals surface area contributed by atoms with Crippen molar-refractivity contribution in [2.75, 3.05) is 6.61 Å². The molecule has 198 valence electrons. The molecule has 35 heavy (non-hydrogen) atoms. The Hall–Kier alpha value is -0.993.